The highest BCUT2D eigenvalue weighted by atomic mass is 16.5. The van der Waals surface area contributed by atoms with Crippen LogP contribution < -0.4 is 0 Å². The fraction of sp³-hybridized carbons (Fsp3) is 0.600. The molecule has 1 heteroatoms. The van der Waals surface area contributed by atoms with E-state index in [-0.39, 0.29) is 0 Å². The molecule has 0 aliphatic heterocycles. The fourth-order valence-electron chi connectivity index (χ4n) is 3.12. The summed E-state index contributed by atoms with van der Waals surface area (Å²) in [7, 11) is 0. The van der Waals surface area contributed by atoms with Crippen molar-refractivity contribution in [2.45, 2.75) is 44.6 Å². The van der Waals surface area contributed by atoms with Gasteiger partial charge < -0.3 is 4.74 Å². The molecule has 86 valence electrons. The van der Waals surface area contributed by atoms with E-state index in [4.69, 9.17) is 4.74 Å². The SMILES string of the molecule is c1ccc2c(c1)CCC2OCC1CCCC1. The molecule has 0 heterocycles. The topological polar surface area (TPSA) is 9.23 Å². The maximum atomic E-state index is 6.11. The maximum Gasteiger partial charge on any atom is 0.0830 e. The van der Waals surface area contributed by atoms with E-state index >= 15 is 0 Å². The van der Waals surface area contributed by atoms with Crippen LogP contribution in [0, 0.1) is 5.92 Å². The van der Waals surface area contributed by atoms with Crippen LogP contribution in [0.15, 0.2) is 24.3 Å². The second-order valence-electron chi connectivity index (χ2n) is 5.21. The number of fused-ring (bicyclic) bond motifs is 1. The van der Waals surface area contributed by atoms with Gasteiger partial charge in [-0.2, -0.15) is 0 Å². The standard InChI is InChI=1S/C15H20O/c1-2-6-12(5-1)11-16-15-10-9-13-7-3-4-8-14(13)15/h3-4,7-8,12,15H,1-2,5-6,9-11H2. The molecule has 0 bridgehead atoms. The Bertz CT molecular complexity index is 352. The first kappa shape index (κ1) is 10.3. The Morgan fingerprint density at radius 3 is 2.75 bits per heavy atom. The van der Waals surface area contributed by atoms with Crippen LogP contribution in [0.1, 0.15) is 49.3 Å². The van der Waals surface area contributed by atoms with E-state index in [1.165, 1.54) is 49.7 Å². The van der Waals surface area contributed by atoms with Gasteiger partial charge in [0.05, 0.1) is 12.7 Å². The summed E-state index contributed by atoms with van der Waals surface area (Å²) in [5.41, 5.74) is 2.94. The lowest BCUT2D eigenvalue weighted by atomic mass is 10.1. The van der Waals surface area contributed by atoms with Crippen molar-refractivity contribution in [1.29, 1.82) is 0 Å². The number of ether oxygens (including phenoxy) is 1. The highest BCUT2D eigenvalue weighted by molar-refractivity contribution is 5.33. The van der Waals surface area contributed by atoms with Crippen molar-refractivity contribution in [2.24, 2.45) is 5.92 Å². The zero-order chi connectivity index (χ0) is 10.8. The van der Waals surface area contributed by atoms with Crippen LogP contribution in [-0.4, -0.2) is 6.61 Å². The Morgan fingerprint density at radius 1 is 1.06 bits per heavy atom. The smallest absolute Gasteiger partial charge is 0.0830 e. The molecule has 1 saturated carbocycles. The summed E-state index contributed by atoms with van der Waals surface area (Å²) in [6, 6.07) is 8.75. The van der Waals surface area contributed by atoms with E-state index in [2.05, 4.69) is 24.3 Å². The first-order chi connectivity index (χ1) is 7.93. The van der Waals surface area contributed by atoms with E-state index in [9.17, 15) is 0 Å². The Kier molecular flexibility index (Phi) is 2.96. The van der Waals surface area contributed by atoms with E-state index in [0.717, 1.165) is 12.5 Å². The van der Waals surface area contributed by atoms with Gasteiger partial charge in [-0.25, -0.2) is 0 Å². The molecule has 0 N–H and O–H groups in total. The average Bonchev–Trinajstić information content (AvgIpc) is 2.96. The summed E-state index contributed by atoms with van der Waals surface area (Å²) in [6.45, 7) is 0.985. The first-order valence-corrected chi connectivity index (χ1v) is 6.63. The predicted octanol–water partition coefficient (Wildman–Crippen LogP) is 3.88. The minimum atomic E-state index is 0.386. The summed E-state index contributed by atoms with van der Waals surface area (Å²) in [6.07, 6.45) is 8.36. The Labute approximate surface area is 97.8 Å². The first-order valence-electron chi connectivity index (χ1n) is 6.63. The predicted molar refractivity (Wildman–Crippen MR) is 65.4 cm³/mol. The van der Waals surface area contributed by atoms with Crippen molar-refractivity contribution in [3.05, 3.63) is 35.4 Å². The third-order valence-corrected chi connectivity index (χ3v) is 4.09. The summed E-state index contributed by atoms with van der Waals surface area (Å²) in [5, 5.41) is 0. The molecule has 3 rings (SSSR count). The van der Waals surface area contributed by atoms with Gasteiger partial charge in [0.1, 0.15) is 0 Å². The quantitative estimate of drug-likeness (QED) is 0.745. The van der Waals surface area contributed by atoms with E-state index in [1.807, 2.05) is 0 Å². The van der Waals surface area contributed by atoms with Gasteiger partial charge in [0.25, 0.3) is 0 Å². The van der Waals surface area contributed by atoms with Crippen LogP contribution in [-0.2, 0) is 11.2 Å². The molecule has 0 aromatic heterocycles. The summed E-state index contributed by atoms with van der Waals surface area (Å²) >= 11 is 0. The van der Waals surface area contributed by atoms with Crippen molar-refractivity contribution in [3.63, 3.8) is 0 Å². The van der Waals surface area contributed by atoms with Gasteiger partial charge >= 0.3 is 0 Å². The maximum absolute atomic E-state index is 6.11. The summed E-state index contributed by atoms with van der Waals surface area (Å²) < 4.78 is 6.11. The molecule has 16 heavy (non-hydrogen) atoms. The average molecular weight is 216 g/mol. The molecule has 0 amide bonds. The second-order valence-corrected chi connectivity index (χ2v) is 5.21. The summed E-state index contributed by atoms with van der Waals surface area (Å²) in [4.78, 5) is 0. The highest BCUT2D eigenvalue weighted by Gasteiger charge is 2.24. The number of hydrogen-bond donors (Lipinski definition) is 0. The minimum absolute atomic E-state index is 0.386. The van der Waals surface area contributed by atoms with Gasteiger partial charge in [-0.15, -0.1) is 0 Å². The van der Waals surface area contributed by atoms with Crippen LogP contribution in [0.25, 0.3) is 0 Å². The Balaban J connectivity index is 1.60. The fourth-order valence-corrected chi connectivity index (χ4v) is 3.12. The van der Waals surface area contributed by atoms with Crippen LogP contribution in [0.2, 0.25) is 0 Å². The molecule has 0 spiro atoms. The molecule has 1 atom stereocenters. The van der Waals surface area contributed by atoms with Crippen LogP contribution in [0.4, 0.5) is 0 Å². The van der Waals surface area contributed by atoms with Gasteiger partial charge in [0.15, 0.2) is 0 Å². The highest BCUT2D eigenvalue weighted by Crippen LogP contribution is 2.35. The molecule has 1 aromatic rings. The Morgan fingerprint density at radius 2 is 1.88 bits per heavy atom. The molecule has 1 unspecified atom stereocenters. The second kappa shape index (κ2) is 4.58. The van der Waals surface area contributed by atoms with Crippen LogP contribution in [0.5, 0.6) is 0 Å². The minimum Gasteiger partial charge on any atom is -0.373 e. The number of benzene rings is 1. The van der Waals surface area contributed by atoms with Gasteiger partial charge in [-0.1, -0.05) is 37.1 Å². The van der Waals surface area contributed by atoms with Gasteiger partial charge in [0.2, 0.25) is 0 Å². The third-order valence-electron chi connectivity index (χ3n) is 4.09. The van der Waals surface area contributed by atoms with E-state index in [1.54, 1.807) is 0 Å². The van der Waals surface area contributed by atoms with Gasteiger partial charge in [-0.3, -0.25) is 0 Å². The largest absolute Gasteiger partial charge is 0.373 e. The van der Waals surface area contributed by atoms with Crippen molar-refractivity contribution in [2.75, 3.05) is 6.61 Å². The molecule has 0 radical (unpaired) electrons. The molecule has 2 aliphatic carbocycles. The monoisotopic (exact) mass is 216 g/mol. The molecule has 1 nitrogen and oxygen atoms in total. The Hall–Kier alpha value is -0.820. The van der Waals surface area contributed by atoms with Crippen molar-refractivity contribution in [3.8, 4) is 0 Å². The molecule has 1 fully saturated rings. The molecule has 1 aromatic carbocycles. The van der Waals surface area contributed by atoms with Crippen molar-refractivity contribution in [1.82, 2.24) is 0 Å². The van der Waals surface area contributed by atoms with Crippen molar-refractivity contribution >= 4 is 0 Å². The molecule has 2 aliphatic rings. The molecule has 0 saturated heterocycles. The third kappa shape index (κ3) is 2.01. The molecular weight excluding hydrogens is 196 g/mol. The normalized spacial score (nSPS) is 24.9. The zero-order valence-corrected chi connectivity index (χ0v) is 9.82. The van der Waals surface area contributed by atoms with E-state index < -0.39 is 0 Å². The summed E-state index contributed by atoms with van der Waals surface area (Å²) in [5.74, 6) is 0.841. The lowest BCUT2D eigenvalue weighted by Gasteiger charge is -2.16. The van der Waals surface area contributed by atoms with Crippen LogP contribution >= 0.6 is 0 Å². The number of rotatable bonds is 3. The van der Waals surface area contributed by atoms with Gasteiger partial charge in [-0.05, 0) is 42.7 Å². The molecular formula is C15H20O. The number of aryl methyl sites for hydroxylation is 1. The zero-order valence-electron chi connectivity index (χ0n) is 9.82. The lowest BCUT2D eigenvalue weighted by Crippen LogP contribution is -2.09. The number of hydrogen-bond acceptors (Lipinski definition) is 1. The van der Waals surface area contributed by atoms with E-state index in [0.29, 0.717) is 6.10 Å². The van der Waals surface area contributed by atoms with Crippen LogP contribution in [0.3, 0.4) is 0 Å². The lowest BCUT2D eigenvalue weighted by molar-refractivity contribution is 0.0305. The van der Waals surface area contributed by atoms with Crippen molar-refractivity contribution < 1.29 is 4.74 Å². The van der Waals surface area contributed by atoms with Gasteiger partial charge in [0, 0.05) is 0 Å².